The second-order valence-electron chi connectivity index (χ2n) is 5.43. The number of benzene rings is 1. The lowest BCUT2D eigenvalue weighted by Gasteiger charge is -2.44. The monoisotopic (exact) mass is 261 g/mol. The fraction of sp³-hybridized carbons (Fsp3) is 0.533. The smallest absolute Gasteiger partial charge is 0.318 e. The SMILES string of the molecule is CNCC1(C)CCCCN1C(=O)Nc1ccccc1. The van der Waals surface area contributed by atoms with Crippen LogP contribution in [0.4, 0.5) is 10.5 Å². The van der Waals surface area contributed by atoms with E-state index in [4.69, 9.17) is 0 Å². The molecule has 0 spiro atoms. The molecular formula is C15H23N3O. The van der Waals surface area contributed by atoms with Crippen molar-refractivity contribution < 1.29 is 4.79 Å². The zero-order chi connectivity index (χ0) is 13.7. The van der Waals surface area contributed by atoms with E-state index in [0.29, 0.717) is 0 Å². The minimum Gasteiger partial charge on any atom is -0.318 e. The van der Waals surface area contributed by atoms with Gasteiger partial charge < -0.3 is 15.5 Å². The van der Waals surface area contributed by atoms with E-state index in [2.05, 4.69) is 17.6 Å². The van der Waals surface area contributed by atoms with Crippen molar-refractivity contribution >= 4 is 11.7 Å². The maximum Gasteiger partial charge on any atom is 0.322 e. The number of likely N-dealkylation sites (tertiary alicyclic amines) is 1. The molecule has 0 aliphatic carbocycles. The zero-order valence-electron chi connectivity index (χ0n) is 11.8. The maximum absolute atomic E-state index is 12.4. The molecule has 1 heterocycles. The Morgan fingerprint density at radius 3 is 2.74 bits per heavy atom. The minimum atomic E-state index is -0.0914. The van der Waals surface area contributed by atoms with Crippen LogP contribution < -0.4 is 10.6 Å². The second kappa shape index (κ2) is 6.06. The summed E-state index contributed by atoms with van der Waals surface area (Å²) in [7, 11) is 1.94. The van der Waals surface area contributed by atoms with Gasteiger partial charge in [-0.05, 0) is 45.4 Å². The van der Waals surface area contributed by atoms with E-state index in [1.54, 1.807) is 0 Å². The number of anilines is 1. The molecule has 0 aromatic heterocycles. The molecule has 1 aromatic carbocycles. The summed E-state index contributed by atoms with van der Waals surface area (Å²) in [6.07, 6.45) is 3.32. The summed E-state index contributed by atoms with van der Waals surface area (Å²) < 4.78 is 0. The lowest BCUT2D eigenvalue weighted by molar-refractivity contribution is 0.0983. The Hall–Kier alpha value is -1.55. The average Bonchev–Trinajstić information content (AvgIpc) is 2.40. The van der Waals surface area contributed by atoms with Crippen LogP contribution in [0, 0.1) is 0 Å². The van der Waals surface area contributed by atoms with Crippen LogP contribution >= 0.6 is 0 Å². The Morgan fingerprint density at radius 1 is 1.32 bits per heavy atom. The maximum atomic E-state index is 12.4. The number of carbonyl (C=O) groups excluding carboxylic acids is 1. The van der Waals surface area contributed by atoms with Crippen LogP contribution in [0.5, 0.6) is 0 Å². The number of rotatable bonds is 3. The molecule has 4 nitrogen and oxygen atoms in total. The molecule has 19 heavy (non-hydrogen) atoms. The van der Waals surface area contributed by atoms with Gasteiger partial charge in [-0.2, -0.15) is 0 Å². The predicted molar refractivity (Wildman–Crippen MR) is 78.3 cm³/mol. The number of nitrogens with one attached hydrogen (secondary N) is 2. The third-order valence-electron chi connectivity index (χ3n) is 3.83. The van der Waals surface area contributed by atoms with Gasteiger partial charge in [0.25, 0.3) is 0 Å². The van der Waals surface area contributed by atoms with Crippen LogP contribution in [0.2, 0.25) is 0 Å². The summed E-state index contributed by atoms with van der Waals surface area (Å²) in [4.78, 5) is 14.4. The molecule has 104 valence electrons. The predicted octanol–water partition coefficient (Wildman–Crippen LogP) is 2.68. The number of para-hydroxylation sites is 1. The number of carbonyl (C=O) groups is 1. The summed E-state index contributed by atoms with van der Waals surface area (Å²) in [5.74, 6) is 0. The van der Waals surface area contributed by atoms with Gasteiger partial charge in [0.2, 0.25) is 0 Å². The van der Waals surface area contributed by atoms with E-state index in [0.717, 1.165) is 31.6 Å². The van der Waals surface area contributed by atoms with Gasteiger partial charge in [-0.15, -0.1) is 0 Å². The van der Waals surface area contributed by atoms with Crippen molar-refractivity contribution in [3.63, 3.8) is 0 Å². The van der Waals surface area contributed by atoms with Gasteiger partial charge in [-0.25, -0.2) is 4.79 Å². The molecule has 1 unspecified atom stereocenters. The van der Waals surface area contributed by atoms with Crippen LogP contribution in [-0.4, -0.2) is 36.6 Å². The molecule has 1 aromatic rings. The molecule has 1 fully saturated rings. The van der Waals surface area contributed by atoms with Crippen LogP contribution in [0.1, 0.15) is 26.2 Å². The molecule has 4 heteroatoms. The van der Waals surface area contributed by atoms with E-state index >= 15 is 0 Å². The Balaban J connectivity index is 2.07. The number of urea groups is 1. The van der Waals surface area contributed by atoms with Gasteiger partial charge in [0, 0.05) is 18.8 Å². The number of likely N-dealkylation sites (N-methyl/N-ethyl adjacent to an activating group) is 1. The van der Waals surface area contributed by atoms with Crippen molar-refractivity contribution in [1.29, 1.82) is 0 Å². The van der Waals surface area contributed by atoms with Crippen molar-refractivity contribution in [3.8, 4) is 0 Å². The van der Waals surface area contributed by atoms with E-state index in [9.17, 15) is 4.79 Å². The molecule has 0 saturated carbocycles. The molecular weight excluding hydrogens is 238 g/mol. The lowest BCUT2D eigenvalue weighted by atomic mass is 9.88. The van der Waals surface area contributed by atoms with Crippen LogP contribution in [0.3, 0.4) is 0 Å². The summed E-state index contributed by atoms with van der Waals surface area (Å²) in [5.41, 5.74) is 0.760. The van der Waals surface area contributed by atoms with E-state index < -0.39 is 0 Å². The highest BCUT2D eigenvalue weighted by molar-refractivity contribution is 5.89. The molecule has 2 rings (SSSR count). The first-order valence-corrected chi connectivity index (χ1v) is 6.94. The number of hydrogen-bond acceptors (Lipinski definition) is 2. The van der Waals surface area contributed by atoms with E-state index in [1.165, 1.54) is 6.42 Å². The van der Waals surface area contributed by atoms with Gasteiger partial charge in [0.15, 0.2) is 0 Å². The van der Waals surface area contributed by atoms with Gasteiger partial charge in [0.05, 0.1) is 5.54 Å². The van der Waals surface area contributed by atoms with Gasteiger partial charge in [0.1, 0.15) is 0 Å². The third-order valence-corrected chi connectivity index (χ3v) is 3.83. The quantitative estimate of drug-likeness (QED) is 0.878. The molecule has 1 saturated heterocycles. The Kier molecular flexibility index (Phi) is 4.43. The van der Waals surface area contributed by atoms with E-state index in [1.807, 2.05) is 42.3 Å². The molecule has 0 bridgehead atoms. The number of nitrogens with zero attached hydrogens (tertiary/aromatic N) is 1. The number of piperidine rings is 1. The highest BCUT2D eigenvalue weighted by atomic mass is 16.2. The first-order chi connectivity index (χ1) is 9.15. The lowest BCUT2D eigenvalue weighted by Crippen LogP contribution is -2.58. The molecule has 0 radical (unpaired) electrons. The van der Waals surface area contributed by atoms with Crippen LogP contribution in [0.25, 0.3) is 0 Å². The van der Waals surface area contributed by atoms with Crippen molar-refractivity contribution in [2.24, 2.45) is 0 Å². The molecule has 2 N–H and O–H groups in total. The van der Waals surface area contributed by atoms with Crippen LogP contribution in [0.15, 0.2) is 30.3 Å². The minimum absolute atomic E-state index is 0.00338. The highest BCUT2D eigenvalue weighted by Gasteiger charge is 2.36. The summed E-state index contributed by atoms with van der Waals surface area (Å²) >= 11 is 0. The average molecular weight is 261 g/mol. The summed E-state index contributed by atoms with van der Waals surface area (Å²) in [5, 5.41) is 6.19. The van der Waals surface area contributed by atoms with Gasteiger partial charge in [-0.3, -0.25) is 0 Å². The summed E-state index contributed by atoms with van der Waals surface area (Å²) in [6.45, 7) is 3.82. The number of hydrogen-bond donors (Lipinski definition) is 2. The molecule has 1 atom stereocenters. The number of amides is 2. The van der Waals surface area contributed by atoms with Crippen LogP contribution in [-0.2, 0) is 0 Å². The normalized spacial score (nSPS) is 23.2. The molecule has 1 aliphatic heterocycles. The molecule has 1 aliphatic rings. The highest BCUT2D eigenvalue weighted by Crippen LogP contribution is 2.28. The van der Waals surface area contributed by atoms with Gasteiger partial charge >= 0.3 is 6.03 Å². The standard InChI is InChI=1S/C15H23N3O/c1-15(12-16-2)10-6-7-11-18(15)14(19)17-13-8-4-3-5-9-13/h3-5,8-9,16H,6-7,10-12H2,1-2H3,(H,17,19). The van der Waals surface area contributed by atoms with Crippen molar-refractivity contribution in [2.45, 2.75) is 31.7 Å². The second-order valence-corrected chi connectivity index (χ2v) is 5.43. The fourth-order valence-electron chi connectivity index (χ4n) is 2.80. The van der Waals surface area contributed by atoms with Crippen molar-refractivity contribution in [3.05, 3.63) is 30.3 Å². The largest absolute Gasteiger partial charge is 0.322 e. The van der Waals surface area contributed by atoms with Crippen molar-refractivity contribution in [2.75, 3.05) is 25.5 Å². The zero-order valence-corrected chi connectivity index (χ0v) is 11.8. The fourth-order valence-corrected chi connectivity index (χ4v) is 2.80. The summed E-state index contributed by atoms with van der Waals surface area (Å²) in [6, 6.07) is 9.64. The van der Waals surface area contributed by atoms with Crippen molar-refractivity contribution in [1.82, 2.24) is 10.2 Å². The first-order valence-electron chi connectivity index (χ1n) is 6.94. The molecule has 2 amide bonds. The Bertz CT molecular complexity index is 417. The Morgan fingerprint density at radius 2 is 2.05 bits per heavy atom. The van der Waals surface area contributed by atoms with E-state index in [-0.39, 0.29) is 11.6 Å². The topological polar surface area (TPSA) is 44.4 Å². The third kappa shape index (κ3) is 3.26. The Labute approximate surface area is 115 Å². The first kappa shape index (κ1) is 13.9. The van der Waals surface area contributed by atoms with Gasteiger partial charge in [-0.1, -0.05) is 18.2 Å².